The number of sulfonamides is 1. The molecule has 0 aliphatic rings. The fraction of sp³-hybridized carbons (Fsp3) is 0.250. The molecule has 2 N–H and O–H groups in total. The van der Waals surface area contributed by atoms with Gasteiger partial charge in [0.25, 0.3) is 0 Å². The highest BCUT2D eigenvalue weighted by atomic mass is 32.2. The van der Waals surface area contributed by atoms with Crippen LogP contribution in [0, 0.1) is 13.8 Å². The van der Waals surface area contributed by atoms with Crippen LogP contribution in [-0.2, 0) is 22.3 Å². The van der Waals surface area contributed by atoms with Crippen molar-refractivity contribution in [2.45, 2.75) is 26.1 Å². The number of hydrogen-bond donors (Lipinski definition) is 2. The van der Waals surface area contributed by atoms with Gasteiger partial charge in [0, 0.05) is 6.07 Å². The lowest BCUT2D eigenvalue weighted by atomic mass is 10.1. The predicted molar refractivity (Wildman–Crippen MR) is 89.5 cm³/mol. The lowest BCUT2D eigenvalue weighted by Crippen LogP contribution is -2.25. The lowest BCUT2D eigenvalue weighted by molar-refractivity contribution is 0.388. The number of benzene rings is 1. The quantitative estimate of drug-likeness (QED) is 0.713. The average molecular weight is 346 g/mol. The maximum atomic E-state index is 12.1. The second-order valence-electron chi connectivity index (χ2n) is 5.62. The Morgan fingerprint density at radius 1 is 1.21 bits per heavy atom. The van der Waals surface area contributed by atoms with Crippen molar-refractivity contribution in [3.8, 4) is 11.3 Å². The van der Waals surface area contributed by atoms with E-state index in [-0.39, 0.29) is 12.3 Å². The fourth-order valence-electron chi connectivity index (χ4n) is 2.23. The van der Waals surface area contributed by atoms with Crippen LogP contribution in [0.4, 0.5) is 0 Å². The van der Waals surface area contributed by atoms with Crippen molar-refractivity contribution in [2.75, 3.05) is 0 Å². The summed E-state index contributed by atoms with van der Waals surface area (Å²) in [6.45, 7) is 3.84. The molecular weight excluding hydrogens is 328 g/mol. The molecule has 0 spiro atoms. The molecule has 8 heteroatoms. The molecule has 0 atom stereocenters. The molecule has 0 fully saturated rings. The van der Waals surface area contributed by atoms with Crippen molar-refractivity contribution < 1.29 is 12.9 Å². The Morgan fingerprint density at radius 2 is 1.96 bits per heavy atom. The summed E-state index contributed by atoms with van der Waals surface area (Å²) < 4.78 is 31.5. The van der Waals surface area contributed by atoms with Gasteiger partial charge < -0.3 is 9.51 Å². The molecule has 3 aromatic rings. The summed E-state index contributed by atoms with van der Waals surface area (Å²) in [5.41, 5.74) is 3.66. The lowest BCUT2D eigenvalue weighted by Gasteiger charge is -2.03. The summed E-state index contributed by atoms with van der Waals surface area (Å²) in [4.78, 5) is 7.33. The molecule has 0 saturated carbocycles. The third-order valence-electron chi connectivity index (χ3n) is 3.46. The smallest absolute Gasteiger partial charge is 0.219 e. The molecule has 126 valence electrons. The minimum Gasteiger partial charge on any atom is -0.360 e. The first-order valence-electron chi connectivity index (χ1n) is 7.42. The number of aromatic nitrogens is 3. The monoisotopic (exact) mass is 346 g/mol. The van der Waals surface area contributed by atoms with Crippen molar-refractivity contribution >= 4 is 10.0 Å². The van der Waals surface area contributed by atoms with E-state index in [9.17, 15) is 8.42 Å². The Hall–Kier alpha value is -2.45. The Morgan fingerprint density at radius 3 is 2.62 bits per heavy atom. The molecule has 0 radical (unpaired) electrons. The maximum absolute atomic E-state index is 12.1. The van der Waals surface area contributed by atoms with Crippen molar-refractivity contribution in [3.05, 3.63) is 59.4 Å². The van der Waals surface area contributed by atoms with E-state index >= 15 is 0 Å². The van der Waals surface area contributed by atoms with E-state index in [1.807, 2.05) is 31.2 Å². The van der Waals surface area contributed by atoms with Gasteiger partial charge in [0.05, 0.1) is 24.1 Å². The Bertz CT molecular complexity index is 926. The second kappa shape index (κ2) is 6.58. The molecule has 2 aromatic heterocycles. The van der Waals surface area contributed by atoms with E-state index < -0.39 is 10.0 Å². The number of aryl methyl sites for hydroxylation is 2. The van der Waals surface area contributed by atoms with Crippen molar-refractivity contribution in [1.29, 1.82) is 0 Å². The van der Waals surface area contributed by atoms with Gasteiger partial charge in [0.15, 0.2) is 5.76 Å². The van der Waals surface area contributed by atoms with Gasteiger partial charge in [-0.2, -0.15) is 0 Å². The van der Waals surface area contributed by atoms with E-state index in [0.717, 1.165) is 11.3 Å². The van der Waals surface area contributed by atoms with Crippen LogP contribution >= 0.6 is 0 Å². The molecule has 3 rings (SSSR count). The molecule has 0 saturated heterocycles. The highest BCUT2D eigenvalue weighted by Crippen LogP contribution is 2.17. The van der Waals surface area contributed by atoms with Crippen LogP contribution in [0.25, 0.3) is 11.3 Å². The summed E-state index contributed by atoms with van der Waals surface area (Å²) in [6.07, 6.45) is 1.69. The summed E-state index contributed by atoms with van der Waals surface area (Å²) in [5, 5.41) is 3.68. The van der Waals surface area contributed by atoms with Gasteiger partial charge in [-0.3, -0.25) is 0 Å². The zero-order valence-corrected chi connectivity index (χ0v) is 14.2. The van der Waals surface area contributed by atoms with Gasteiger partial charge >= 0.3 is 0 Å². The first-order chi connectivity index (χ1) is 11.4. The van der Waals surface area contributed by atoms with Gasteiger partial charge in [-0.15, -0.1) is 0 Å². The molecule has 0 aliphatic carbocycles. The van der Waals surface area contributed by atoms with Crippen LogP contribution in [-0.4, -0.2) is 23.5 Å². The van der Waals surface area contributed by atoms with Crippen LogP contribution < -0.4 is 4.72 Å². The van der Waals surface area contributed by atoms with Gasteiger partial charge in [0.2, 0.25) is 10.0 Å². The maximum Gasteiger partial charge on any atom is 0.219 e. The Labute approximate surface area is 140 Å². The number of H-pyrrole nitrogens is 1. The first kappa shape index (κ1) is 16.4. The third kappa shape index (κ3) is 4.09. The van der Waals surface area contributed by atoms with Gasteiger partial charge in [0.1, 0.15) is 11.6 Å². The normalized spacial score (nSPS) is 11.8. The molecule has 7 nitrogen and oxygen atoms in total. The second-order valence-corrected chi connectivity index (χ2v) is 7.43. The molecule has 0 unspecified atom stereocenters. The van der Waals surface area contributed by atoms with Crippen LogP contribution in [0.15, 0.2) is 41.1 Å². The topological polar surface area (TPSA) is 101 Å². The molecule has 1 aromatic carbocycles. The fourth-order valence-corrected chi connectivity index (χ4v) is 3.20. The zero-order valence-electron chi connectivity index (χ0n) is 13.4. The Balaban J connectivity index is 1.63. The largest absolute Gasteiger partial charge is 0.360 e. The van der Waals surface area contributed by atoms with Gasteiger partial charge in [-0.05, 0) is 19.4 Å². The van der Waals surface area contributed by atoms with E-state index in [4.69, 9.17) is 4.52 Å². The highest BCUT2D eigenvalue weighted by Gasteiger charge is 2.15. The molecule has 2 heterocycles. The zero-order chi connectivity index (χ0) is 17.2. The minimum absolute atomic E-state index is 0.0846. The number of nitrogens with one attached hydrogen (secondary N) is 2. The van der Waals surface area contributed by atoms with Crippen LogP contribution in [0.2, 0.25) is 0 Å². The summed E-state index contributed by atoms with van der Waals surface area (Å²) in [6, 6.07) is 9.60. The van der Waals surface area contributed by atoms with Crippen molar-refractivity contribution in [2.24, 2.45) is 0 Å². The average Bonchev–Trinajstić information content (AvgIpc) is 3.15. The SMILES string of the molecule is Cc1ccc(-c2cnc(CNS(=O)(=O)Cc3cc(C)no3)[nH]2)cc1. The number of hydrogen-bond acceptors (Lipinski definition) is 5. The standard InChI is InChI=1S/C16H18N4O3S/c1-11-3-5-13(6-4-11)15-8-17-16(19-15)9-18-24(21,22)10-14-7-12(2)20-23-14/h3-8,18H,9-10H2,1-2H3,(H,17,19). The predicted octanol–water partition coefficient (Wildman–Crippen LogP) is 2.30. The molecule has 0 aliphatic heterocycles. The Kier molecular flexibility index (Phi) is 4.50. The summed E-state index contributed by atoms with van der Waals surface area (Å²) >= 11 is 0. The molecular formula is C16H18N4O3S. The van der Waals surface area contributed by atoms with Crippen molar-refractivity contribution in [3.63, 3.8) is 0 Å². The molecule has 0 amide bonds. The van der Waals surface area contributed by atoms with E-state index in [1.54, 1.807) is 19.2 Å². The van der Waals surface area contributed by atoms with Gasteiger partial charge in [-0.25, -0.2) is 18.1 Å². The van der Waals surface area contributed by atoms with Crippen LogP contribution in [0.5, 0.6) is 0 Å². The summed E-state index contributed by atoms with van der Waals surface area (Å²) in [5.74, 6) is 0.599. The van der Waals surface area contributed by atoms with E-state index in [0.29, 0.717) is 17.3 Å². The first-order valence-corrected chi connectivity index (χ1v) is 9.07. The molecule has 0 bridgehead atoms. The van der Waals surface area contributed by atoms with E-state index in [1.165, 1.54) is 5.56 Å². The number of nitrogens with zero attached hydrogens (tertiary/aromatic N) is 2. The number of imidazole rings is 1. The van der Waals surface area contributed by atoms with Crippen LogP contribution in [0.1, 0.15) is 22.8 Å². The molecule has 24 heavy (non-hydrogen) atoms. The number of rotatable bonds is 6. The third-order valence-corrected chi connectivity index (χ3v) is 4.71. The van der Waals surface area contributed by atoms with Gasteiger partial charge in [-0.1, -0.05) is 35.0 Å². The minimum atomic E-state index is -3.52. The summed E-state index contributed by atoms with van der Waals surface area (Å²) in [7, 11) is -3.52. The number of aromatic amines is 1. The van der Waals surface area contributed by atoms with E-state index in [2.05, 4.69) is 19.8 Å². The highest BCUT2D eigenvalue weighted by molar-refractivity contribution is 7.88. The van der Waals surface area contributed by atoms with Crippen molar-refractivity contribution in [1.82, 2.24) is 19.8 Å². The van der Waals surface area contributed by atoms with Crippen LogP contribution in [0.3, 0.4) is 0 Å².